The van der Waals surface area contributed by atoms with E-state index in [1.54, 1.807) is 0 Å². The second-order valence-corrected chi connectivity index (χ2v) is 3.72. The van der Waals surface area contributed by atoms with Crippen molar-refractivity contribution in [3.63, 3.8) is 0 Å². The van der Waals surface area contributed by atoms with Crippen molar-refractivity contribution in [1.82, 2.24) is 5.32 Å². The van der Waals surface area contributed by atoms with Crippen LogP contribution in [0.25, 0.3) is 0 Å². The fourth-order valence-electron chi connectivity index (χ4n) is 1.21. The minimum Gasteiger partial charge on any atom is -0.479 e. The Morgan fingerprint density at radius 2 is 1.44 bits per heavy atom. The van der Waals surface area contributed by atoms with Crippen molar-refractivity contribution in [3.05, 3.63) is 0 Å². The van der Waals surface area contributed by atoms with E-state index in [1.165, 1.54) is 0 Å². The number of carboxylic acid groups (broad SMARTS) is 1. The highest BCUT2D eigenvalue weighted by Crippen LogP contribution is 2.37. The first kappa shape index (κ1) is 16.5. The van der Waals surface area contributed by atoms with Crippen LogP contribution in [0.4, 0.5) is 26.3 Å². The predicted octanol–water partition coefficient (Wildman–Crippen LogP) is 1.71. The maximum Gasteiger partial charge on any atom is 0.471 e. The number of amides is 1. The molecule has 18 heavy (non-hydrogen) atoms. The molecule has 0 aliphatic carbocycles. The molecule has 0 aromatic heterocycles. The lowest BCUT2D eigenvalue weighted by molar-refractivity contribution is -0.226. The van der Waals surface area contributed by atoms with E-state index >= 15 is 0 Å². The van der Waals surface area contributed by atoms with Gasteiger partial charge in [0.1, 0.15) is 0 Å². The average molecular weight is 281 g/mol. The van der Waals surface area contributed by atoms with Crippen molar-refractivity contribution < 1.29 is 41.0 Å². The van der Waals surface area contributed by atoms with Crippen LogP contribution < -0.4 is 5.32 Å². The highest BCUT2D eigenvalue weighted by molar-refractivity contribution is 5.90. The van der Waals surface area contributed by atoms with Crippen molar-refractivity contribution >= 4 is 11.9 Å². The van der Waals surface area contributed by atoms with Crippen molar-refractivity contribution in [2.24, 2.45) is 5.92 Å². The van der Waals surface area contributed by atoms with Crippen LogP contribution in [0.3, 0.4) is 0 Å². The third-order valence-corrected chi connectivity index (χ3v) is 2.22. The van der Waals surface area contributed by atoms with E-state index in [1.807, 2.05) is 0 Å². The smallest absolute Gasteiger partial charge is 0.471 e. The van der Waals surface area contributed by atoms with E-state index in [9.17, 15) is 35.9 Å². The molecule has 1 amide bonds. The Balaban J connectivity index is 5.65. The van der Waals surface area contributed by atoms with Gasteiger partial charge in [0, 0.05) is 0 Å². The zero-order valence-electron chi connectivity index (χ0n) is 9.11. The average Bonchev–Trinajstić information content (AvgIpc) is 2.08. The van der Waals surface area contributed by atoms with Gasteiger partial charge in [-0.2, -0.15) is 26.3 Å². The molecule has 0 saturated carbocycles. The van der Waals surface area contributed by atoms with Gasteiger partial charge in [-0.25, -0.2) is 4.79 Å². The Hall–Kier alpha value is -1.48. The van der Waals surface area contributed by atoms with Crippen LogP contribution in [-0.4, -0.2) is 34.9 Å². The lowest BCUT2D eigenvalue weighted by Gasteiger charge is -2.35. The minimum atomic E-state index is -5.61. The highest BCUT2D eigenvalue weighted by Gasteiger charge is 2.65. The van der Waals surface area contributed by atoms with Crippen LogP contribution in [0, 0.1) is 5.92 Å². The van der Waals surface area contributed by atoms with Gasteiger partial charge in [-0.1, -0.05) is 13.8 Å². The third kappa shape index (κ3) is 2.85. The third-order valence-electron chi connectivity index (χ3n) is 2.22. The zero-order valence-corrected chi connectivity index (χ0v) is 9.11. The normalized spacial score (nSPS) is 16.3. The maximum absolute atomic E-state index is 12.7. The molecule has 106 valence electrons. The van der Waals surface area contributed by atoms with Gasteiger partial charge >= 0.3 is 24.2 Å². The number of carbonyl (C=O) groups is 2. The number of carbonyl (C=O) groups excluding carboxylic acids is 1. The number of hydrogen-bond acceptors (Lipinski definition) is 2. The van der Waals surface area contributed by atoms with Gasteiger partial charge in [-0.3, -0.25) is 4.79 Å². The first-order valence-corrected chi connectivity index (χ1v) is 4.46. The summed E-state index contributed by atoms with van der Waals surface area (Å²) < 4.78 is 73.8. The standard InChI is InChI=1S/C8H9F6NO3/c1-3(2)6(5(17)18,8(12,13)14)15-4(16)7(9,10)11/h3H,1-2H3,(H,15,16)(H,17,18). The molecule has 10 heteroatoms. The fourth-order valence-corrected chi connectivity index (χ4v) is 1.21. The Morgan fingerprint density at radius 3 is 1.61 bits per heavy atom. The lowest BCUT2D eigenvalue weighted by atomic mass is 9.85. The van der Waals surface area contributed by atoms with Crippen LogP contribution >= 0.6 is 0 Å². The van der Waals surface area contributed by atoms with E-state index in [0.29, 0.717) is 5.32 Å². The number of alkyl halides is 6. The summed E-state index contributed by atoms with van der Waals surface area (Å²) in [5.74, 6) is -7.40. The van der Waals surface area contributed by atoms with E-state index in [0.717, 1.165) is 13.8 Å². The van der Waals surface area contributed by atoms with Crippen LogP contribution in [0.1, 0.15) is 13.8 Å². The summed E-state index contributed by atoms with van der Waals surface area (Å²) in [5, 5.41) is 9.06. The summed E-state index contributed by atoms with van der Waals surface area (Å²) in [6.45, 7) is 1.47. The number of aliphatic carboxylic acids is 1. The molecular weight excluding hydrogens is 272 g/mol. The quantitative estimate of drug-likeness (QED) is 0.774. The largest absolute Gasteiger partial charge is 0.479 e. The summed E-state index contributed by atoms with van der Waals surface area (Å²) in [5.41, 5.74) is -3.99. The molecule has 0 aromatic rings. The van der Waals surface area contributed by atoms with Crippen molar-refractivity contribution in [2.45, 2.75) is 31.7 Å². The van der Waals surface area contributed by atoms with Gasteiger partial charge in [0.25, 0.3) is 0 Å². The van der Waals surface area contributed by atoms with Gasteiger partial charge in [0.15, 0.2) is 0 Å². The van der Waals surface area contributed by atoms with Crippen molar-refractivity contribution in [1.29, 1.82) is 0 Å². The molecule has 0 aliphatic heterocycles. The fraction of sp³-hybridized carbons (Fsp3) is 0.750. The Bertz CT molecular complexity index is 348. The number of halogens is 6. The second-order valence-electron chi connectivity index (χ2n) is 3.72. The molecule has 0 aromatic carbocycles. The molecule has 2 N–H and O–H groups in total. The Kier molecular flexibility index (Phi) is 4.27. The predicted molar refractivity (Wildman–Crippen MR) is 45.5 cm³/mol. The van der Waals surface area contributed by atoms with Gasteiger partial charge < -0.3 is 10.4 Å². The van der Waals surface area contributed by atoms with Gasteiger partial charge in [0.2, 0.25) is 5.54 Å². The minimum absolute atomic E-state index is 0.521. The summed E-state index contributed by atoms with van der Waals surface area (Å²) in [4.78, 5) is 21.2. The van der Waals surface area contributed by atoms with Gasteiger partial charge in [0.05, 0.1) is 0 Å². The molecule has 0 aliphatic rings. The molecule has 4 nitrogen and oxygen atoms in total. The molecule has 0 fully saturated rings. The lowest BCUT2D eigenvalue weighted by Crippen LogP contribution is -2.68. The Labute approximate surface area is 97.0 Å². The first-order chi connectivity index (χ1) is 7.76. The molecule has 0 spiro atoms. The topological polar surface area (TPSA) is 66.4 Å². The molecule has 1 unspecified atom stereocenters. The molecule has 0 radical (unpaired) electrons. The van der Waals surface area contributed by atoms with E-state index in [-0.39, 0.29) is 0 Å². The van der Waals surface area contributed by atoms with E-state index in [4.69, 9.17) is 5.11 Å². The maximum atomic E-state index is 12.7. The van der Waals surface area contributed by atoms with Crippen LogP contribution in [0.2, 0.25) is 0 Å². The van der Waals surface area contributed by atoms with Gasteiger partial charge in [-0.15, -0.1) is 0 Å². The summed E-state index contributed by atoms with van der Waals surface area (Å²) >= 11 is 0. The second kappa shape index (κ2) is 4.65. The Morgan fingerprint density at radius 1 is 1.06 bits per heavy atom. The van der Waals surface area contributed by atoms with Gasteiger partial charge in [-0.05, 0) is 5.92 Å². The molecule has 0 saturated heterocycles. The summed E-state index contributed by atoms with van der Waals surface area (Å²) in [7, 11) is 0. The van der Waals surface area contributed by atoms with E-state index < -0.39 is 35.7 Å². The molecule has 0 rings (SSSR count). The summed E-state index contributed by atoms with van der Waals surface area (Å²) in [6.07, 6.45) is -11.2. The molecule has 1 atom stereocenters. The van der Waals surface area contributed by atoms with E-state index in [2.05, 4.69) is 0 Å². The van der Waals surface area contributed by atoms with Crippen LogP contribution in [0.15, 0.2) is 0 Å². The zero-order chi connectivity index (χ0) is 14.9. The number of rotatable bonds is 3. The molecule has 0 heterocycles. The number of nitrogens with one attached hydrogen (secondary N) is 1. The SMILES string of the molecule is CC(C)C(NC(=O)C(F)(F)F)(C(=O)O)C(F)(F)F. The van der Waals surface area contributed by atoms with Crippen molar-refractivity contribution in [3.8, 4) is 0 Å². The molecule has 0 bridgehead atoms. The highest BCUT2D eigenvalue weighted by atomic mass is 19.4. The summed E-state index contributed by atoms with van der Waals surface area (Å²) in [6, 6.07) is 0. The number of hydrogen-bond donors (Lipinski definition) is 2. The number of carboxylic acids is 1. The van der Waals surface area contributed by atoms with Crippen LogP contribution in [-0.2, 0) is 9.59 Å². The monoisotopic (exact) mass is 281 g/mol. The van der Waals surface area contributed by atoms with Crippen molar-refractivity contribution in [2.75, 3.05) is 0 Å². The first-order valence-electron chi connectivity index (χ1n) is 4.46. The molecular formula is C8H9F6NO3. The van der Waals surface area contributed by atoms with Crippen LogP contribution in [0.5, 0.6) is 0 Å².